The number of benzene rings is 2. The molecule has 0 heterocycles. The van der Waals surface area contributed by atoms with Crippen molar-refractivity contribution in [3.8, 4) is 0 Å². The summed E-state index contributed by atoms with van der Waals surface area (Å²) in [6.07, 6.45) is 0. The predicted molar refractivity (Wildman–Crippen MR) is 86.4 cm³/mol. The van der Waals surface area contributed by atoms with Crippen LogP contribution in [0.5, 0.6) is 0 Å². The lowest BCUT2D eigenvalue weighted by atomic mass is 10.2. The number of carbonyl (C=O) groups excluding carboxylic acids is 1. The summed E-state index contributed by atoms with van der Waals surface area (Å²) >= 11 is 10.5. The van der Waals surface area contributed by atoms with Crippen LogP contribution in [0.3, 0.4) is 0 Å². The first-order valence-electron chi connectivity index (χ1n) is 5.88. The molecule has 0 fully saturated rings. The van der Waals surface area contributed by atoms with E-state index in [1.54, 1.807) is 24.3 Å². The molecule has 0 saturated heterocycles. The van der Waals surface area contributed by atoms with Gasteiger partial charge in [0, 0.05) is 16.3 Å². The first kappa shape index (κ1) is 15.2. The summed E-state index contributed by atoms with van der Waals surface area (Å²) in [6, 6.07) is 10.1. The first-order chi connectivity index (χ1) is 9.95. The number of nitrogens with two attached hydrogens (primary N) is 1. The Morgan fingerprint density at radius 1 is 1.14 bits per heavy atom. The summed E-state index contributed by atoms with van der Waals surface area (Å²) in [5.74, 6) is -0.619. The van der Waals surface area contributed by atoms with Crippen molar-refractivity contribution in [3.05, 3.63) is 58.9 Å². The van der Waals surface area contributed by atoms with E-state index in [1.165, 1.54) is 18.2 Å². The average molecular weight is 324 g/mol. The maximum atomic E-state index is 13.8. The standard InChI is InChI=1S/C14H11ClFN3OS/c15-9-2-4-10(5-3-9)18-14(20)19-12-6-1-8(13(17)21)7-11(12)16/h1-7H,(H2,17,21)(H2,18,19,20). The van der Waals surface area contributed by atoms with Crippen LogP contribution >= 0.6 is 23.8 Å². The Balaban J connectivity index is 2.06. The van der Waals surface area contributed by atoms with Gasteiger partial charge in [-0.1, -0.05) is 23.8 Å². The van der Waals surface area contributed by atoms with Gasteiger partial charge >= 0.3 is 6.03 Å². The third-order valence-corrected chi connectivity index (χ3v) is 3.09. The molecule has 2 rings (SSSR count). The second kappa shape index (κ2) is 6.51. The summed E-state index contributed by atoms with van der Waals surface area (Å²) in [6.45, 7) is 0. The molecule has 0 radical (unpaired) electrons. The van der Waals surface area contributed by atoms with Gasteiger partial charge in [0.1, 0.15) is 10.8 Å². The molecule has 0 aliphatic heterocycles. The topological polar surface area (TPSA) is 67.1 Å². The van der Waals surface area contributed by atoms with E-state index in [0.717, 1.165) is 0 Å². The van der Waals surface area contributed by atoms with E-state index < -0.39 is 11.8 Å². The Morgan fingerprint density at radius 3 is 2.38 bits per heavy atom. The zero-order valence-electron chi connectivity index (χ0n) is 10.7. The van der Waals surface area contributed by atoms with E-state index in [1.807, 2.05) is 0 Å². The number of hydrogen-bond acceptors (Lipinski definition) is 2. The second-order valence-corrected chi connectivity index (χ2v) is 5.02. The molecular formula is C14H11ClFN3OS. The summed E-state index contributed by atoms with van der Waals surface area (Å²) in [4.78, 5) is 11.9. The zero-order valence-corrected chi connectivity index (χ0v) is 12.3. The number of hydrogen-bond donors (Lipinski definition) is 3. The molecule has 0 bridgehead atoms. The minimum atomic E-state index is -0.619. The Morgan fingerprint density at radius 2 is 1.81 bits per heavy atom. The third-order valence-electron chi connectivity index (χ3n) is 2.60. The zero-order chi connectivity index (χ0) is 15.4. The summed E-state index contributed by atoms with van der Waals surface area (Å²) < 4.78 is 13.8. The van der Waals surface area contributed by atoms with Crippen LogP contribution in [-0.2, 0) is 0 Å². The number of urea groups is 1. The van der Waals surface area contributed by atoms with Gasteiger partial charge in [0.25, 0.3) is 0 Å². The number of nitrogens with one attached hydrogen (secondary N) is 2. The number of halogens is 2. The van der Waals surface area contributed by atoms with Gasteiger partial charge in [-0.05, 0) is 42.5 Å². The molecule has 0 spiro atoms. The van der Waals surface area contributed by atoms with Crippen molar-refractivity contribution in [2.45, 2.75) is 0 Å². The summed E-state index contributed by atoms with van der Waals surface area (Å²) in [5.41, 5.74) is 6.37. The Bertz CT molecular complexity index is 691. The van der Waals surface area contributed by atoms with Crippen LogP contribution in [0.25, 0.3) is 0 Å². The van der Waals surface area contributed by atoms with Crippen LogP contribution in [0, 0.1) is 5.82 Å². The smallest absolute Gasteiger partial charge is 0.323 e. The maximum Gasteiger partial charge on any atom is 0.323 e. The van der Waals surface area contributed by atoms with E-state index in [4.69, 9.17) is 29.6 Å². The molecule has 0 unspecified atom stereocenters. The monoisotopic (exact) mass is 323 g/mol. The number of thiocarbonyl (C=S) groups is 1. The lowest BCUT2D eigenvalue weighted by Crippen LogP contribution is -2.20. The molecule has 0 aliphatic rings. The van der Waals surface area contributed by atoms with Crippen molar-refractivity contribution in [2.24, 2.45) is 5.73 Å². The maximum absolute atomic E-state index is 13.8. The van der Waals surface area contributed by atoms with Gasteiger partial charge in [-0.15, -0.1) is 0 Å². The Labute approximate surface area is 131 Å². The molecule has 4 nitrogen and oxygen atoms in total. The predicted octanol–water partition coefficient (Wildman–Crippen LogP) is 3.76. The number of rotatable bonds is 3. The number of carbonyl (C=O) groups is 1. The largest absolute Gasteiger partial charge is 0.389 e. The van der Waals surface area contributed by atoms with E-state index >= 15 is 0 Å². The van der Waals surface area contributed by atoms with Crippen molar-refractivity contribution in [3.63, 3.8) is 0 Å². The highest BCUT2D eigenvalue weighted by Gasteiger charge is 2.09. The van der Waals surface area contributed by atoms with Crippen molar-refractivity contribution in [1.82, 2.24) is 0 Å². The van der Waals surface area contributed by atoms with Crippen molar-refractivity contribution in [1.29, 1.82) is 0 Å². The first-order valence-corrected chi connectivity index (χ1v) is 6.67. The van der Waals surface area contributed by atoms with Crippen LogP contribution in [0.2, 0.25) is 5.02 Å². The van der Waals surface area contributed by atoms with Crippen LogP contribution in [0.1, 0.15) is 5.56 Å². The molecule has 0 aromatic heterocycles. The van der Waals surface area contributed by atoms with Crippen LogP contribution in [0.15, 0.2) is 42.5 Å². The number of anilines is 2. The molecular weight excluding hydrogens is 313 g/mol. The molecule has 2 aromatic carbocycles. The van der Waals surface area contributed by atoms with E-state index in [9.17, 15) is 9.18 Å². The van der Waals surface area contributed by atoms with Crippen LogP contribution in [0.4, 0.5) is 20.6 Å². The highest BCUT2D eigenvalue weighted by Crippen LogP contribution is 2.17. The molecule has 0 atom stereocenters. The molecule has 0 aliphatic carbocycles. The SMILES string of the molecule is NC(=S)c1ccc(NC(=O)Nc2ccc(Cl)cc2)c(F)c1. The minimum Gasteiger partial charge on any atom is -0.389 e. The fraction of sp³-hybridized carbons (Fsp3) is 0. The van der Waals surface area contributed by atoms with Gasteiger partial charge in [0.05, 0.1) is 5.69 Å². The van der Waals surface area contributed by atoms with Crippen molar-refractivity contribution < 1.29 is 9.18 Å². The van der Waals surface area contributed by atoms with E-state index in [2.05, 4.69) is 10.6 Å². The molecule has 4 N–H and O–H groups in total. The van der Waals surface area contributed by atoms with Gasteiger partial charge in [-0.25, -0.2) is 9.18 Å². The normalized spacial score (nSPS) is 10.0. The average Bonchev–Trinajstić information content (AvgIpc) is 2.43. The number of amides is 2. The quantitative estimate of drug-likeness (QED) is 0.753. The lowest BCUT2D eigenvalue weighted by Gasteiger charge is -2.09. The third kappa shape index (κ3) is 4.14. The molecule has 0 saturated carbocycles. The van der Waals surface area contributed by atoms with Gasteiger partial charge < -0.3 is 16.4 Å². The lowest BCUT2D eigenvalue weighted by molar-refractivity contribution is 0.262. The molecule has 108 valence electrons. The second-order valence-electron chi connectivity index (χ2n) is 4.14. The molecule has 2 aromatic rings. The van der Waals surface area contributed by atoms with Crippen molar-refractivity contribution >= 4 is 46.2 Å². The van der Waals surface area contributed by atoms with Gasteiger partial charge in [-0.3, -0.25) is 0 Å². The summed E-state index contributed by atoms with van der Waals surface area (Å²) in [7, 11) is 0. The highest BCUT2D eigenvalue weighted by molar-refractivity contribution is 7.80. The van der Waals surface area contributed by atoms with Crippen molar-refractivity contribution in [2.75, 3.05) is 10.6 Å². The Kier molecular flexibility index (Phi) is 4.72. The fourth-order valence-electron chi connectivity index (χ4n) is 1.59. The van der Waals surface area contributed by atoms with Crippen LogP contribution < -0.4 is 16.4 Å². The van der Waals surface area contributed by atoms with E-state index in [0.29, 0.717) is 16.3 Å². The van der Waals surface area contributed by atoms with Gasteiger partial charge in [0.15, 0.2) is 0 Å². The van der Waals surface area contributed by atoms with Crippen LogP contribution in [-0.4, -0.2) is 11.0 Å². The highest BCUT2D eigenvalue weighted by atomic mass is 35.5. The molecule has 2 amide bonds. The Hall–Kier alpha value is -2.18. The van der Waals surface area contributed by atoms with E-state index in [-0.39, 0.29) is 10.7 Å². The fourth-order valence-corrected chi connectivity index (χ4v) is 1.84. The molecule has 7 heteroatoms. The molecule has 21 heavy (non-hydrogen) atoms. The summed E-state index contributed by atoms with van der Waals surface area (Å²) in [5, 5.41) is 5.51. The van der Waals surface area contributed by atoms with Gasteiger partial charge in [0.2, 0.25) is 0 Å². The minimum absolute atomic E-state index is 0.0291. The van der Waals surface area contributed by atoms with Gasteiger partial charge in [-0.2, -0.15) is 0 Å².